The summed E-state index contributed by atoms with van der Waals surface area (Å²) < 4.78 is 1.99. The Labute approximate surface area is 157 Å². The zero-order valence-corrected chi connectivity index (χ0v) is 14.9. The molecule has 0 aliphatic heterocycles. The molecule has 1 amide bonds. The molecule has 0 radical (unpaired) electrons. The van der Waals surface area contributed by atoms with Gasteiger partial charge in [-0.05, 0) is 49.4 Å². The first kappa shape index (κ1) is 17.5. The van der Waals surface area contributed by atoms with E-state index in [1.807, 2.05) is 60.0 Å². The summed E-state index contributed by atoms with van der Waals surface area (Å²) in [6.07, 6.45) is 1.58. The first-order chi connectivity index (χ1) is 12.6. The highest BCUT2D eigenvalue weighted by Crippen LogP contribution is 2.22. The molecule has 0 atom stereocenters. The van der Waals surface area contributed by atoms with Gasteiger partial charge >= 0.3 is 0 Å². The van der Waals surface area contributed by atoms with Gasteiger partial charge in [0.25, 0.3) is 5.91 Å². The van der Waals surface area contributed by atoms with Crippen LogP contribution in [-0.2, 0) is 4.79 Å². The van der Waals surface area contributed by atoms with Gasteiger partial charge in [-0.25, -0.2) is 0 Å². The van der Waals surface area contributed by atoms with Crippen LogP contribution in [0.4, 0.5) is 5.69 Å². The van der Waals surface area contributed by atoms with E-state index in [1.165, 1.54) is 0 Å². The molecule has 1 N–H and O–H groups in total. The SMILES string of the molecule is Cc1ccc(/C=C(/C#N)C(=O)Nc2ccccc2Cl)n1-c1ccccc1. The van der Waals surface area contributed by atoms with Gasteiger partial charge in [0.2, 0.25) is 0 Å². The van der Waals surface area contributed by atoms with Crippen LogP contribution in [-0.4, -0.2) is 10.5 Å². The highest BCUT2D eigenvalue weighted by Gasteiger charge is 2.13. The normalized spacial score (nSPS) is 11.0. The zero-order chi connectivity index (χ0) is 18.5. The Morgan fingerprint density at radius 2 is 1.77 bits per heavy atom. The largest absolute Gasteiger partial charge is 0.320 e. The molecule has 0 spiro atoms. The van der Waals surface area contributed by atoms with Crippen molar-refractivity contribution in [1.29, 1.82) is 5.26 Å². The lowest BCUT2D eigenvalue weighted by Gasteiger charge is -2.10. The van der Waals surface area contributed by atoms with Gasteiger partial charge < -0.3 is 9.88 Å². The summed E-state index contributed by atoms with van der Waals surface area (Å²) in [4.78, 5) is 12.5. The maximum atomic E-state index is 12.5. The third kappa shape index (κ3) is 3.69. The van der Waals surface area contributed by atoms with E-state index >= 15 is 0 Å². The molecule has 26 heavy (non-hydrogen) atoms. The molecule has 0 aliphatic rings. The Kier molecular flexibility index (Phi) is 5.21. The Morgan fingerprint density at radius 3 is 2.46 bits per heavy atom. The van der Waals surface area contributed by atoms with Crippen LogP contribution in [0.15, 0.2) is 72.3 Å². The smallest absolute Gasteiger partial charge is 0.266 e. The van der Waals surface area contributed by atoms with Crippen molar-refractivity contribution in [3.63, 3.8) is 0 Å². The third-order valence-corrected chi connectivity index (χ3v) is 4.23. The molecule has 2 aromatic carbocycles. The number of benzene rings is 2. The van der Waals surface area contributed by atoms with Crippen molar-refractivity contribution in [3.05, 3.63) is 88.7 Å². The summed E-state index contributed by atoms with van der Waals surface area (Å²) in [5, 5.41) is 12.5. The van der Waals surface area contributed by atoms with Crippen LogP contribution in [0.2, 0.25) is 5.02 Å². The minimum atomic E-state index is -0.501. The minimum absolute atomic E-state index is 0.000186. The van der Waals surface area contributed by atoms with E-state index in [4.69, 9.17) is 11.6 Å². The predicted octanol–water partition coefficient (Wildman–Crippen LogP) is 4.98. The number of hydrogen-bond acceptors (Lipinski definition) is 2. The van der Waals surface area contributed by atoms with E-state index in [0.29, 0.717) is 10.7 Å². The third-order valence-electron chi connectivity index (χ3n) is 3.90. The molecule has 0 saturated heterocycles. The number of aryl methyl sites for hydroxylation is 1. The van der Waals surface area contributed by atoms with Crippen LogP contribution < -0.4 is 5.32 Å². The highest BCUT2D eigenvalue weighted by atomic mass is 35.5. The van der Waals surface area contributed by atoms with Crippen molar-refractivity contribution < 1.29 is 4.79 Å². The fraction of sp³-hybridized carbons (Fsp3) is 0.0476. The molecule has 0 unspecified atom stereocenters. The second-order valence-corrected chi connectivity index (χ2v) is 6.08. The average molecular weight is 362 g/mol. The zero-order valence-electron chi connectivity index (χ0n) is 14.1. The second-order valence-electron chi connectivity index (χ2n) is 5.67. The van der Waals surface area contributed by atoms with Gasteiger partial charge in [0, 0.05) is 17.1 Å². The highest BCUT2D eigenvalue weighted by molar-refractivity contribution is 6.34. The Bertz CT molecular complexity index is 1010. The van der Waals surface area contributed by atoms with Gasteiger partial charge in [0.15, 0.2) is 0 Å². The Morgan fingerprint density at radius 1 is 1.08 bits per heavy atom. The van der Waals surface area contributed by atoms with Crippen molar-refractivity contribution in [2.45, 2.75) is 6.92 Å². The molecule has 3 aromatic rings. The molecule has 0 fully saturated rings. The number of carbonyl (C=O) groups is 1. The van der Waals surface area contributed by atoms with Crippen LogP contribution in [0, 0.1) is 18.3 Å². The molecule has 3 rings (SSSR count). The van der Waals surface area contributed by atoms with E-state index in [0.717, 1.165) is 17.1 Å². The van der Waals surface area contributed by atoms with Gasteiger partial charge in [0.1, 0.15) is 11.6 Å². The first-order valence-corrected chi connectivity index (χ1v) is 8.39. The lowest BCUT2D eigenvalue weighted by Crippen LogP contribution is -2.14. The van der Waals surface area contributed by atoms with Crippen LogP contribution in [0.1, 0.15) is 11.4 Å². The van der Waals surface area contributed by atoms with E-state index in [9.17, 15) is 10.1 Å². The quantitative estimate of drug-likeness (QED) is 0.526. The van der Waals surface area contributed by atoms with Crippen molar-refractivity contribution >= 4 is 29.3 Å². The van der Waals surface area contributed by atoms with E-state index in [2.05, 4.69) is 5.32 Å². The fourth-order valence-electron chi connectivity index (χ4n) is 2.65. The predicted molar refractivity (Wildman–Crippen MR) is 104 cm³/mol. The summed E-state index contributed by atoms with van der Waals surface area (Å²) in [6, 6.07) is 22.5. The maximum absolute atomic E-state index is 12.5. The molecule has 1 heterocycles. The van der Waals surface area contributed by atoms with Crippen LogP contribution >= 0.6 is 11.6 Å². The number of para-hydroxylation sites is 2. The monoisotopic (exact) mass is 361 g/mol. The summed E-state index contributed by atoms with van der Waals surface area (Å²) in [5.74, 6) is -0.501. The number of nitriles is 1. The summed E-state index contributed by atoms with van der Waals surface area (Å²) in [5.41, 5.74) is 3.19. The number of aromatic nitrogens is 1. The number of carbonyl (C=O) groups excluding carboxylic acids is 1. The van der Waals surface area contributed by atoms with Crippen LogP contribution in [0.25, 0.3) is 11.8 Å². The van der Waals surface area contributed by atoms with Crippen molar-refractivity contribution in [2.75, 3.05) is 5.32 Å². The fourth-order valence-corrected chi connectivity index (χ4v) is 2.83. The molecule has 4 nitrogen and oxygen atoms in total. The number of halogens is 1. The van der Waals surface area contributed by atoms with Gasteiger partial charge in [-0.15, -0.1) is 0 Å². The Hall–Kier alpha value is -3.29. The molecule has 0 aliphatic carbocycles. The van der Waals surface area contributed by atoms with Crippen molar-refractivity contribution in [1.82, 2.24) is 4.57 Å². The number of rotatable bonds is 4. The standard InChI is InChI=1S/C21H16ClN3O/c1-15-11-12-18(25(15)17-7-3-2-4-8-17)13-16(14-23)21(26)24-20-10-6-5-9-19(20)22/h2-13H,1H3,(H,24,26)/b16-13-. The summed E-state index contributed by atoms with van der Waals surface area (Å²) >= 11 is 6.06. The van der Waals surface area contributed by atoms with Gasteiger partial charge in [-0.1, -0.05) is 41.9 Å². The summed E-state index contributed by atoms with van der Waals surface area (Å²) in [7, 11) is 0. The van der Waals surface area contributed by atoms with Crippen molar-refractivity contribution in [2.24, 2.45) is 0 Å². The average Bonchev–Trinajstić information content (AvgIpc) is 3.02. The number of hydrogen-bond donors (Lipinski definition) is 1. The molecule has 0 saturated carbocycles. The maximum Gasteiger partial charge on any atom is 0.266 e. The molecular weight excluding hydrogens is 346 g/mol. The van der Waals surface area contributed by atoms with Gasteiger partial charge in [-0.3, -0.25) is 4.79 Å². The minimum Gasteiger partial charge on any atom is -0.320 e. The molecular formula is C21H16ClN3O. The van der Waals surface area contributed by atoms with Crippen molar-refractivity contribution in [3.8, 4) is 11.8 Å². The molecule has 5 heteroatoms. The van der Waals surface area contributed by atoms with Crippen LogP contribution in [0.5, 0.6) is 0 Å². The molecule has 1 aromatic heterocycles. The number of nitrogens with zero attached hydrogens (tertiary/aromatic N) is 2. The van der Waals surface area contributed by atoms with Gasteiger partial charge in [-0.2, -0.15) is 5.26 Å². The number of anilines is 1. The van der Waals surface area contributed by atoms with Crippen LogP contribution in [0.3, 0.4) is 0 Å². The second kappa shape index (κ2) is 7.73. The summed E-state index contributed by atoms with van der Waals surface area (Å²) in [6.45, 7) is 1.97. The number of nitrogens with one attached hydrogen (secondary N) is 1. The van der Waals surface area contributed by atoms with Gasteiger partial charge in [0.05, 0.1) is 10.7 Å². The van der Waals surface area contributed by atoms with E-state index in [-0.39, 0.29) is 5.57 Å². The Balaban J connectivity index is 1.95. The van der Waals surface area contributed by atoms with E-state index < -0.39 is 5.91 Å². The topological polar surface area (TPSA) is 57.8 Å². The molecule has 0 bridgehead atoms. The van der Waals surface area contributed by atoms with E-state index in [1.54, 1.807) is 30.3 Å². The molecule has 128 valence electrons. The number of amides is 1. The lowest BCUT2D eigenvalue weighted by molar-refractivity contribution is -0.112. The first-order valence-electron chi connectivity index (χ1n) is 8.01. The lowest BCUT2D eigenvalue weighted by atomic mass is 10.2.